The molecular formula is C15H12ClN3. The lowest BCUT2D eigenvalue weighted by atomic mass is 10.2. The number of nitrogens with zero attached hydrogens (tertiary/aromatic N) is 2. The minimum Gasteiger partial charge on any atom is -0.350 e. The van der Waals surface area contributed by atoms with Crippen LogP contribution in [0.15, 0.2) is 54.7 Å². The SMILES string of the molecule is Clc1cccc(CNc2ncc3ccccc3n2)c1. The molecule has 0 saturated heterocycles. The Balaban J connectivity index is 1.78. The smallest absolute Gasteiger partial charge is 0.223 e. The average molecular weight is 270 g/mol. The van der Waals surface area contributed by atoms with Gasteiger partial charge in [0.1, 0.15) is 0 Å². The van der Waals surface area contributed by atoms with Gasteiger partial charge in [0.25, 0.3) is 0 Å². The number of nitrogens with one attached hydrogen (secondary N) is 1. The predicted octanol–water partition coefficient (Wildman–Crippen LogP) is 3.90. The summed E-state index contributed by atoms with van der Waals surface area (Å²) in [6.07, 6.45) is 1.82. The zero-order valence-electron chi connectivity index (χ0n) is 10.2. The van der Waals surface area contributed by atoms with Gasteiger partial charge in [-0.2, -0.15) is 0 Å². The molecule has 0 aliphatic carbocycles. The van der Waals surface area contributed by atoms with Crippen molar-refractivity contribution in [3.63, 3.8) is 0 Å². The Hall–Kier alpha value is -2.13. The van der Waals surface area contributed by atoms with Crippen LogP contribution in [0.3, 0.4) is 0 Å². The molecule has 1 N–H and O–H groups in total. The normalized spacial score (nSPS) is 10.6. The predicted molar refractivity (Wildman–Crippen MR) is 78.3 cm³/mol. The van der Waals surface area contributed by atoms with E-state index in [-0.39, 0.29) is 0 Å². The molecule has 0 aliphatic rings. The van der Waals surface area contributed by atoms with E-state index < -0.39 is 0 Å². The topological polar surface area (TPSA) is 37.8 Å². The van der Waals surface area contributed by atoms with Crippen LogP contribution < -0.4 is 5.32 Å². The van der Waals surface area contributed by atoms with E-state index in [4.69, 9.17) is 11.6 Å². The summed E-state index contributed by atoms with van der Waals surface area (Å²) in [6, 6.07) is 15.6. The van der Waals surface area contributed by atoms with Gasteiger partial charge in [-0.3, -0.25) is 0 Å². The number of anilines is 1. The van der Waals surface area contributed by atoms with Crippen molar-refractivity contribution in [1.29, 1.82) is 0 Å². The third-order valence-electron chi connectivity index (χ3n) is 2.83. The van der Waals surface area contributed by atoms with Crippen LogP contribution in [0.5, 0.6) is 0 Å². The van der Waals surface area contributed by atoms with Crippen LogP contribution in [-0.2, 0) is 6.54 Å². The third kappa shape index (κ3) is 2.83. The first kappa shape index (κ1) is 11.9. The molecule has 94 valence electrons. The van der Waals surface area contributed by atoms with Gasteiger partial charge in [-0.25, -0.2) is 9.97 Å². The molecule has 4 heteroatoms. The summed E-state index contributed by atoms with van der Waals surface area (Å²) in [7, 11) is 0. The summed E-state index contributed by atoms with van der Waals surface area (Å²) >= 11 is 5.95. The molecule has 0 bridgehead atoms. The summed E-state index contributed by atoms with van der Waals surface area (Å²) < 4.78 is 0. The molecule has 3 rings (SSSR count). The lowest BCUT2D eigenvalue weighted by Crippen LogP contribution is -2.03. The number of hydrogen-bond donors (Lipinski definition) is 1. The maximum atomic E-state index is 5.95. The van der Waals surface area contributed by atoms with Gasteiger partial charge >= 0.3 is 0 Å². The van der Waals surface area contributed by atoms with Gasteiger partial charge in [0.05, 0.1) is 5.52 Å². The Morgan fingerprint density at radius 2 is 1.95 bits per heavy atom. The van der Waals surface area contributed by atoms with Crippen molar-refractivity contribution in [1.82, 2.24) is 9.97 Å². The second kappa shape index (κ2) is 5.24. The van der Waals surface area contributed by atoms with Gasteiger partial charge in [0.15, 0.2) is 0 Å². The van der Waals surface area contributed by atoms with Crippen molar-refractivity contribution in [2.24, 2.45) is 0 Å². The Morgan fingerprint density at radius 3 is 2.84 bits per heavy atom. The Bertz CT molecular complexity index is 712. The number of rotatable bonds is 3. The van der Waals surface area contributed by atoms with Crippen LogP contribution in [0.2, 0.25) is 5.02 Å². The first-order valence-corrected chi connectivity index (χ1v) is 6.39. The van der Waals surface area contributed by atoms with Crippen LogP contribution in [0.25, 0.3) is 10.9 Å². The quantitative estimate of drug-likeness (QED) is 0.784. The minimum atomic E-state index is 0.624. The molecule has 19 heavy (non-hydrogen) atoms. The van der Waals surface area contributed by atoms with Crippen LogP contribution in [0, 0.1) is 0 Å². The van der Waals surface area contributed by atoms with Gasteiger partial charge in [0.2, 0.25) is 5.95 Å². The van der Waals surface area contributed by atoms with Gasteiger partial charge in [0, 0.05) is 23.2 Å². The van der Waals surface area contributed by atoms with Crippen molar-refractivity contribution in [3.8, 4) is 0 Å². The molecule has 3 aromatic rings. The van der Waals surface area contributed by atoms with E-state index in [1.807, 2.05) is 54.7 Å². The van der Waals surface area contributed by atoms with E-state index in [1.54, 1.807) is 0 Å². The molecule has 0 aliphatic heterocycles. The second-order valence-electron chi connectivity index (χ2n) is 4.24. The zero-order chi connectivity index (χ0) is 13.1. The van der Waals surface area contributed by atoms with E-state index in [2.05, 4.69) is 15.3 Å². The third-order valence-corrected chi connectivity index (χ3v) is 3.06. The number of para-hydroxylation sites is 1. The summed E-state index contributed by atoms with van der Waals surface area (Å²) in [4.78, 5) is 8.75. The molecule has 0 fully saturated rings. The Labute approximate surface area is 116 Å². The maximum Gasteiger partial charge on any atom is 0.223 e. The summed E-state index contributed by atoms with van der Waals surface area (Å²) in [6.45, 7) is 0.652. The van der Waals surface area contributed by atoms with E-state index in [0.29, 0.717) is 12.5 Å². The van der Waals surface area contributed by atoms with Crippen molar-refractivity contribution in [2.75, 3.05) is 5.32 Å². The molecule has 0 radical (unpaired) electrons. The van der Waals surface area contributed by atoms with Crippen molar-refractivity contribution < 1.29 is 0 Å². The lowest BCUT2D eigenvalue weighted by molar-refractivity contribution is 1.07. The first-order chi connectivity index (χ1) is 9.31. The van der Waals surface area contributed by atoms with Crippen molar-refractivity contribution in [3.05, 3.63) is 65.3 Å². The highest BCUT2D eigenvalue weighted by Gasteiger charge is 1.99. The zero-order valence-corrected chi connectivity index (χ0v) is 10.9. The molecule has 1 heterocycles. The highest BCUT2D eigenvalue weighted by atomic mass is 35.5. The van der Waals surface area contributed by atoms with E-state index >= 15 is 0 Å². The number of fused-ring (bicyclic) bond motifs is 1. The van der Waals surface area contributed by atoms with E-state index in [9.17, 15) is 0 Å². The molecule has 1 aromatic heterocycles. The van der Waals surface area contributed by atoms with Gasteiger partial charge in [-0.1, -0.05) is 41.9 Å². The van der Waals surface area contributed by atoms with Crippen LogP contribution >= 0.6 is 11.6 Å². The van der Waals surface area contributed by atoms with E-state index in [1.165, 1.54) is 0 Å². The fraction of sp³-hybridized carbons (Fsp3) is 0.0667. The monoisotopic (exact) mass is 269 g/mol. The van der Waals surface area contributed by atoms with Crippen LogP contribution in [-0.4, -0.2) is 9.97 Å². The summed E-state index contributed by atoms with van der Waals surface area (Å²) in [5.74, 6) is 0.624. The number of halogens is 1. The minimum absolute atomic E-state index is 0.624. The largest absolute Gasteiger partial charge is 0.350 e. The Kier molecular flexibility index (Phi) is 3.29. The molecule has 3 nitrogen and oxygen atoms in total. The van der Waals surface area contributed by atoms with Crippen LogP contribution in [0.1, 0.15) is 5.56 Å². The second-order valence-corrected chi connectivity index (χ2v) is 4.67. The number of benzene rings is 2. The molecular weight excluding hydrogens is 258 g/mol. The molecule has 0 saturated carbocycles. The van der Waals surface area contributed by atoms with Gasteiger partial charge in [-0.15, -0.1) is 0 Å². The van der Waals surface area contributed by atoms with Crippen molar-refractivity contribution in [2.45, 2.75) is 6.54 Å². The molecule has 0 amide bonds. The van der Waals surface area contributed by atoms with Crippen LogP contribution in [0.4, 0.5) is 5.95 Å². The van der Waals surface area contributed by atoms with Gasteiger partial charge < -0.3 is 5.32 Å². The standard InChI is InChI=1S/C15H12ClN3/c16-13-6-3-4-11(8-13)9-17-15-18-10-12-5-1-2-7-14(12)19-15/h1-8,10H,9H2,(H,17,18,19). The fourth-order valence-electron chi connectivity index (χ4n) is 1.89. The highest BCUT2D eigenvalue weighted by molar-refractivity contribution is 6.30. The average Bonchev–Trinajstić information content (AvgIpc) is 2.45. The highest BCUT2D eigenvalue weighted by Crippen LogP contribution is 2.14. The summed E-state index contributed by atoms with van der Waals surface area (Å²) in [5.41, 5.74) is 2.04. The maximum absolute atomic E-state index is 5.95. The number of hydrogen-bond acceptors (Lipinski definition) is 3. The van der Waals surface area contributed by atoms with Crippen molar-refractivity contribution >= 4 is 28.5 Å². The molecule has 0 unspecified atom stereocenters. The molecule has 2 aromatic carbocycles. The lowest BCUT2D eigenvalue weighted by Gasteiger charge is -2.06. The molecule has 0 atom stereocenters. The summed E-state index contributed by atoms with van der Waals surface area (Å²) in [5, 5.41) is 4.97. The first-order valence-electron chi connectivity index (χ1n) is 6.01. The number of aromatic nitrogens is 2. The fourth-order valence-corrected chi connectivity index (χ4v) is 2.10. The van der Waals surface area contributed by atoms with E-state index in [0.717, 1.165) is 21.5 Å². The Morgan fingerprint density at radius 1 is 1.05 bits per heavy atom. The van der Waals surface area contributed by atoms with Gasteiger partial charge in [-0.05, 0) is 23.8 Å². The molecule has 0 spiro atoms.